The highest BCUT2D eigenvalue weighted by Crippen LogP contribution is 2.33. The number of fused-ring (bicyclic) bond motifs is 1. The fraction of sp³-hybridized carbons (Fsp3) is 0.619. The van der Waals surface area contributed by atoms with Gasteiger partial charge in [-0.2, -0.15) is 4.31 Å². The highest BCUT2D eigenvalue weighted by Gasteiger charge is 2.34. The van der Waals surface area contributed by atoms with Crippen LogP contribution in [0.25, 0.3) is 0 Å². The molecule has 1 atom stereocenters. The zero-order chi connectivity index (χ0) is 20.6. The van der Waals surface area contributed by atoms with Crippen LogP contribution in [0.3, 0.4) is 0 Å². The van der Waals surface area contributed by atoms with Crippen LogP contribution in [0.5, 0.6) is 5.75 Å². The molecule has 1 aromatic heterocycles. The van der Waals surface area contributed by atoms with Crippen molar-refractivity contribution in [3.05, 3.63) is 34.9 Å². The van der Waals surface area contributed by atoms with Crippen molar-refractivity contribution < 1.29 is 13.2 Å². The van der Waals surface area contributed by atoms with E-state index >= 15 is 0 Å². The predicted molar refractivity (Wildman–Crippen MR) is 111 cm³/mol. The number of sulfonamides is 1. The van der Waals surface area contributed by atoms with Crippen molar-refractivity contribution >= 4 is 10.0 Å². The summed E-state index contributed by atoms with van der Waals surface area (Å²) in [6, 6.07) is 3.43. The third-order valence-electron chi connectivity index (χ3n) is 6.16. The second kappa shape index (κ2) is 8.07. The number of hydrogen-bond acceptors (Lipinski definition) is 5. The lowest BCUT2D eigenvalue weighted by Gasteiger charge is -2.32. The van der Waals surface area contributed by atoms with Crippen LogP contribution < -0.4 is 4.74 Å². The highest BCUT2D eigenvalue weighted by atomic mass is 32.2. The number of rotatable bonds is 4. The first-order valence-corrected chi connectivity index (χ1v) is 11.9. The number of hydrogen-bond donors (Lipinski definition) is 0. The Morgan fingerprint density at radius 1 is 1.03 bits per heavy atom. The van der Waals surface area contributed by atoms with Crippen molar-refractivity contribution in [2.75, 3.05) is 20.2 Å². The molecule has 3 heterocycles. The normalized spacial score (nSPS) is 20.9. The van der Waals surface area contributed by atoms with E-state index in [1.54, 1.807) is 23.5 Å². The van der Waals surface area contributed by atoms with E-state index in [0.717, 1.165) is 67.2 Å². The molecule has 0 aliphatic carbocycles. The van der Waals surface area contributed by atoms with Crippen LogP contribution in [-0.4, -0.2) is 47.7 Å². The van der Waals surface area contributed by atoms with Crippen LogP contribution in [0.2, 0.25) is 0 Å². The van der Waals surface area contributed by atoms with Crippen molar-refractivity contribution in [1.82, 2.24) is 19.1 Å². The number of methoxy groups -OCH3 is 1. The average Bonchev–Trinajstić information content (AvgIpc) is 2.96. The molecular weight excluding hydrogens is 388 g/mol. The van der Waals surface area contributed by atoms with Crippen LogP contribution in [-0.2, 0) is 23.0 Å². The summed E-state index contributed by atoms with van der Waals surface area (Å²) in [5.41, 5.74) is 1.67. The van der Waals surface area contributed by atoms with E-state index in [2.05, 4.69) is 14.8 Å². The SMILES string of the molecule is COc1c(C)cc(S(=O)(=O)N2CCCC(c3nnc4n3CCCCC4)C2)cc1C. The van der Waals surface area contributed by atoms with Gasteiger partial charge in [0, 0.05) is 32.0 Å². The fourth-order valence-electron chi connectivity index (χ4n) is 4.71. The number of aromatic nitrogens is 3. The van der Waals surface area contributed by atoms with Crippen LogP contribution in [0, 0.1) is 13.8 Å². The summed E-state index contributed by atoms with van der Waals surface area (Å²) in [7, 11) is -1.95. The van der Waals surface area contributed by atoms with Crippen molar-refractivity contribution in [3.63, 3.8) is 0 Å². The molecular formula is C21H30N4O3S. The minimum absolute atomic E-state index is 0.0957. The molecule has 1 aromatic carbocycles. The van der Waals surface area contributed by atoms with E-state index in [1.165, 1.54) is 6.42 Å². The van der Waals surface area contributed by atoms with Crippen molar-refractivity contribution in [2.24, 2.45) is 0 Å². The van der Waals surface area contributed by atoms with Crippen molar-refractivity contribution in [2.45, 2.75) is 69.7 Å². The Hall–Kier alpha value is -1.93. The van der Waals surface area contributed by atoms with Crippen LogP contribution in [0.1, 0.15) is 60.8 Å². The van der Waals surface area contributed by atoms with Gasteiger partial charge in [0.25, 0.3) is 0 Å². The summed E-state index contributed by atoms with van der Waals surface area (Å²) < 4.78 is 36.0. The van der Waals surface area contributed by atoms with E-state index in [4.69, 9.17) is 4.74 Å². The number of aryl methyl sites for hydroxylation is 3. The minimum Gasteiger partial charge on any atom is -0.496 e. The first-order chi connectivity index (χ1) is 13.9. The van der Waals surface area contributed by atoms with Crippen LogP contribution >= 0.6 is 0 Å². The molecule has 2 aliphatic heterocycles. The van der Waals surface area contributed by atoms with Gasteiger partial charge in [0.2, 0.25) is 10.0 Å². The molecule has 0 spiro atoms. The molecule has 0 N–H and O–H groups in total. The molecule has 0 amide bonds. The number of benzene rings is 1. The maximum Gasteiger partial charge on any atom is 0.243 e. The zero-order valence-corrected chi connectivity index (χ0v) is 18.3. The summed E-state index contributed by atoms with van der Waals surface area (Å²) >= 11 is 0. The third-order valence-corrected chi connectivity index (χ3v) is 8.01. The Balaban J connectivity index is 1.61. The lowest BCUT2D eigenvalue weighted by Crippen LogP contribution is -2.39. The Labute approximate surface area is 173 Å². The molecule has 0 bridgehead atoms. The van der Waals surface area contributed by atoms with Gasteiger partial charge in [-0.15, -0.1) is 10.2 Å². The monoisotopic (exact) mass is 418 g/mol. The predicted octanol–water partition coefficient (Wildman–Crippen LogP) is 3.20. The molecule has 7 nitrogen and oxygen atoms in total. The molecule has 0 radical (unpaired) electrons. The third kappa shape index (κ3) is 3.80. The molecule has 158 valence electrons. The second-order valence-electron chi connectivity index (χ2n) is 8.23. The van der Waals surface area contributed by atoms with Gasteiger partial charge < -0.3 is 9.30 Å². The lowest BCUT2D eigenvalue weighted by molar-refractivity contribution is 0.304. The first kappa shape index (κ1) is 20.3. The maximum absolute atomic E-state index is 13.4. The average molecular weight is 419 g/mol. The van der Waals surface area contributed by atoms with Crippen molar-refractivity contribution in [3.8, 4) is 5.75 Å². The molecule has 4 rings (SSSR count). The maximum atomic E-state index is 13.4. The summed E-state index contributed by atoms with van der Waals surface area (Å²) in [5, 5.41) is 8.89. The van der Waals surface area contributed by atoms with Gasteiger partial charge in [-0.3, -0.25) is 0 Å². The Morgan fingerprint density at radius 3 is 2.52 bits per heavy atom. The van der Waals surface area contributed by atoms with E-state index in [0.29, 0.717) is 18.0 Å². The van der Waals surface area contributed by atoms with Gasteiger partial charge in [-0.1, -0.05) is 6.42 Å². The standard InChI is InChI=1S/C21H30N4O3S/c1-15-12-18(13-16(2)20(15)28-3)29(26,27)24-10-7-8-17(14-24)21-23-22-19-9-5-4-6-11-25(19)21/h12-13,17H,4-11,14H2,1-3H3. The molecule has 1 unspecified atom stereocenters. The topological polar surface area (TPSA) is 77.3 Å². The fourth-order valence-corrected chi connectivity index (χ4v) is 6.41. The molecule has 2 aromatic rings. The summed E-state index contributed by atoms with van der Waals surface area (Å²) in [6.07, 6.45) is 6.25. The minimum atomic E-state index is -3.56. The van der Waals surface area contributed by atoms with Crippen molar-refractivity contribution in [1.29, 1.82) is 0 Å². The van der Waals surface area contributed by atoms with Gasteiger partial charge >= 0.3 is 0 Å². The highest BCUT2D eigenvalue weighted by molar-refractivity contribution is 7.89. The summed E-state index contributed by atoms with van der Waals surface area (Å²) in [6.45, 7) is 5.72. The number of ether oxygens (including phenoxy) is 1. The lowest BCUT2D eigenvalue weighted by atomic mass is 9.99. The van der Waals surface area contributed by atoms with Crippen LogP contribution in [0.15, 0.2) is 17.0 Å². The molecule has 0 saturated carbocycles. The quantitative estimate of drug-likeness (QED) is 0.762. The smallest absolute Gasteiger partial charge is 0.243 e. The van der Waals surface area contributed by atoms with E-state index in [9.17, 15) is 8.42 Å². The van der Waals surface area contributed by atoms with Gasteiger partial charge in [0.1, 0.15) is 17.4 Å². The first-order valence-electron chi connectivity index (χ1n) is 10.5. The molecule has 1 saturated heterocycles. The molecule has 2 aliphatic rings. The number of nitrogens with zero attached hydrogens (tertiary/aromatic N) is 4. The van der Waals surface area contributed by atoms with E-state index < -0.39 is 10.0 Å². The molecule has 29 heavy (non-hydrogen) atoms. The van der Waals surface area contributed by atoms with Gasteiger partial charge in [0.15, 0.2) is 0 Å². The molecule has 8 heteroatoms. The number of piperidine rings is 1. The Kier molecular flexibility index (Phi) is 5.66. The second-order valence-corrected chi connectivity index (χ2v) is 10.2. The zero-order valence-electron chi connectivity index (χ0n) is 17.5. The van der Waals surface area contributed by atoms with E-state index in [-0.39, 0.29) is 5.92 Å². The van der Waals surface area contributed by atoms with Gasteiger partial charge in [-0.05, 0) is 62.8 Å². The van der Waals surface area contributed by atoms with Gasteiger partial charge in [-0.25, -0.2) is 8.42 Å². The largest absolute Gasteiger partial charge is 0.496 e. The van der Waals surface area contributed by atoms with E-state index in [1.807, 2.05) is 13.8 Å². The Morgan fingerprint density at radius 2 is 1.79 bits per heavy atom. The molecule has 1 fully saturated rings. The van der Waals surface area contributed by atoms with Gasteiger partial charge in [0.05, 0.1) is 12.0 Å². The van der Waals surface area contributed by atoms with Crippen LogP contribution in [0.4, 0.5) is 0 Å². The summed E-state index contributed by atoms with van der Waals surface area (Å²) in [5.74, 6) is 2.85. The Bertz CT molecular complexity index is 976. The summed E-state index contributed by atoms with van der Waals surface area (Å²) in [4.78, 5) is 0.342.